The summed E-state index contributed by atoms with van der Waals surface area (Å²) in [6.45, 7) is 9.05. The zero-order valence-electron chi connectivity index (χ0n) is 15.6. The van der Waals surface area contributed by atoms with Crippen LogP contribution in [0.1, 0.15) is 49.7 Å². The van der Waals surface area contributed by atoms with E-state index in [1.165, 1.54) is 0 Å². The van der Waals surface area contributed by atoms with Crippen LogP contribution in [0.4, 0.5) is 0 Å². The third-order valence-electron chi connectivity index (χ3n) is 4.19. The molecule has 0 saturated carbocycles. The first-order chi connectivity index (χ1) is 12.4. The number of amides is 2. The first-order valence-electron chi connectivity index (χ1n) is 8.78. The summed E-state index contributed by atoms with van der Waals surface area (Å²) < 4.78 is 1.74. The van der Waals surface area contributed by atoms with E-state index in [4.69, 9.17) is 11.6 Å². The molecule has 7 heteroatoms. The zero-order chi connectivity index (χ0) is 19.3. The highest BCUT2D eigenvalue weighted by Crippen LogP contribution is 2.24. The van der Waals surface area contributed by atoms with Crippen molar-refractivity contribution >= 4 is 23.4 Å². The summed E-state index contributed by atoms with van der Waals surface area (Å²) in [6, 6.07) is 7.27. The van der Waals surface area contributed by atoms with Crippen LogP contribution < -0.4 is 5.32 Å². The zero-order valence-corrected chi connectivity index (χ0v) is 16.4. The lowest BCUT2D eigenvalue weighted by Gasteiger charge is -2.19. The van der Waals surface area contributed by atoms with Gasteiger partial charge in [0.05, 0.1) is 29.7 Å². The van der Waals surface area contributed by atoms with E-state index in [1.807, 2.05) is 39.8 Å². The van der Waals surface area contributed by atoms with Crippen molar-refractivity contribution in [1.82, 2.24) is 20.0 Å². The van der Waals surface area contributed by atoms with Crippen molar-refractivity contribution in [2.24, 2.45) is 0 Å². The predicted molar refractivity (Wildman–Crippen MR) is 103 cm³/mol. The highest BCUT2D eigenvalue weighted by Gasteiger charge is 2.21. The molecule has 2 aromatic rings. The molecule has 0 spiro atoms. The largest absolute Gasteiger partial charge is 0.343 e. The van der Waals surface area contributed by atoms with E-state index in [2.05, 4.69) is 10.4 Å². The van der Waals surface area contributed by atoms with Crippen LogP contribution in [0.15, 0.2) is 30.5 Å². The van der Waals surface area contributed by atoms with Crippen LogP contribution >= 0.6 is 11.6 Å². The van der Waals surface area contributed by atoms with Gasteiger partial charge in [0.2, 0.25) is 5.91 Å². The van der Waals surface area contributed by atoms with E-state index >= 15 is 0 Å². The van der Waals surface area contributed by atoms with E-state index in [9.17, 15) is 9.59 Å². The first-order valence-corrected chi connectivity index (χ1v) is 9.16. The summed E-state index contributed by atoms with van der Waals surface area (Å²) in [5, 5.41) is 7.72. The normalized spacial score (nSPS) is 10.8. The molecular weight excluding hydrogens is 352 g/mol. The van der Waals surface area contributed by atoms with Gasteiger partial charge in [0.15, 0.2) is 0 Å². The standard InChI is InChI=1S/C19H25ClN4O2/c1-5-23(6-2)17(25)12-21-19(26)16-11-22-24(18(16)13(3)4)15-9-7-14(20)8-10-15/h7-11,13H,5-6,12H2,1-4H3,(H,21,26). The van der Waals surface area contributed by atoms with Gasteiger partial charge in [-0.1, -0.05) is 25.4 Å². The number of benzene rings is 1. The second-order valence-corrected chi connectivity index (χ2v) is 6.67. The molecule has 0 fully saturated rings. The Morgan fingerprint density at radius 1 is 1.19 bits per heavy atom. The fourth-order valence-electron chi connectivity index (χ4n) is 2.82. The van der Waals surface area contributed by atoms with Crippen molar-refractivity contribution in [3.8, 4) is 5.69 Å². The number of aromatic nitrogens is 2. The second kappa shape index (κ2) is 8.85. The molecule has 0 aliphatic rings. The molecule has 0 aliphatic carbocycles. The Balaban J connectivity index is 2.22. The van der Waals surface area contributed by atoms with Crippen LogP contribution in [0, 0.1) is 0 Å². The van der Waals surface area contributed by atoms with E-state index in [1.54, 1.807) is 27.9 Å². The van der Waals surface area contributed by atoms with Gasteiger partial charge in [-0.25, -0.2) is 4.68 Å². The SMILES string of the molecule is CCN(CC)C(=O)CNC(=O)c1cnn(-c2ccc(Cl)cc2)c1C(C)C. The number of carbonyl (C=O) groups excluding carboxylic acids is 2. The molecule has 2 amide bonds. The molecule has 140 valence electrons. The summed E-state index contributed by atoms with van der Waals surface area (Å²) in [5.41, 5.74) is 2.10. The van der Waals surface area contributed by atoms with E-state index in [-0.39, 0.29) is 24.3 Å². The molecule has 0 radical (unpaired) electrons. The quantitative estimate of drug-likeness (QED) is 0.806. The molecule has 26 heavy (non-hydrogen) atoms. The van der Waals surface area contributed by atoms with Gasteiger partial charge in [-0.15, -0.1) is 0 Å². The van der Waals surface area contributed by atoms with E-state index in [0.29, 0.717) is 23.7 Å². The van der Waals surface area contributed by atoms with Gasteiger partial charge in [-0.05, 0) is 44.0 Å². The minimum absolute atomic E-state index is 0.0236. The van der Waals surface area contributed by atoms with Crippen LogP contribution in [0.3, 0.4) is 0 Å². The molecule has 1 aromatic carbocycles. The van der Waals surface area contributed by atoms with Crippen molar-refractivity contribution in [3.05, 3.63) is 46.7 Å². The number of nitrogens with one attached hydrogen (secondary N) is 1. The Morgan fingerprint density at radius 2 is 1.81 bits per heavy atom. The van der Waals surface area contributed by atoms with Gasteiger partial charge in [0, 0.05) is 18.1 Å². The van der Waals surface area contributed by atoms with Gasteiger partial charge in [-0.2, -0.15) is 5.10 Å². The maximum absolute atomic E-state index is 12.6. The third-order valence-corrected chi connectivity index (χ3v) is 4.44. The molecule has 0 bridgehead atoms. The van der Waals surface area contributed by atoms with Gasteiger partial charge in [0.25, 0.3) is 5.91 Å². The Morgan fingerprint density at radius 3 is 2.35 bits per heavy atom. The van der Waals surface area contributed by atoms with Gasteiger partial charge in [-0.3, -0.25) is 9.59 Å². The molecule has 1 N–H and O–H groups in total. The maximum Gasteiger partial charge on any atom is 0.255 e. The number of hydrogen-bond donors (Lipinski definition) is 1. The molecule has 2 rings (SSSR count). The van der Waals surface area contributed by atoms with Crippen LogP contribution in [-0.2, 0) is 4.79 Å². The van der Waals surface area contributed by atoms with E-state index in [0.717, 1.165) is 11.4 Å². The van der Waals surface area contributed by atoms with Crippen LogP contribution in [0.5, 0.6) is 0 Å². The highest BCUT2D eigenvalue weighted by atomic mass is 35.5. The smallest absolute Gasteiger partial charge is 0.255 e. The second-order valence-electron chi connectivity index (χ2n) is 6.24. The number of likely N-dealkylation sites (N-methyl/N-ethyl adjacent to an activating group) is 1. The van der Waals surface area contributed by atoms with Crippen molar-refractivity contribution in [2.45, 2.75) is 33.6 Å². The fourth-order valence-corrected chi connectivity index (χ4v) is 2.94. The van der Waals surface area contributed by atoms with Crippen molar-refractivity contribution in [3.63, 3.8) is 0 Å². The minimum atomic E-state index is -0.297. The summed E-state index contributed by atoms with van der Waals surface area (Å²) in [4.78, 5) is 26.4. The van der Waals surface area contributed by atoms with Gasteiger partial charge < -0.3 is 10.2 Å². The van der Waals surface area contributed by atoms with Crippen LogP contribution in [0.25, 0.3) is 5.69 Å². The Bertz CT molecular complexity index is 764. The molecule has 0 unspecified atom stereocenters. The van der Waals surface area contributed by atoms with Crippen molar-refractivity contribution in [1.29, 1.82) is 0 Å². The third kappa shape index (κ3) is 4.43. The molecule has 0 aliphatic heterocycles. The summed E-state index contributed by atoms with van der Waals surface area (Å²) in [6.07, 6.45) is 1.54. The number of nitrogens with zero attached hydrogens (tertiary/aromatic N) is 3. The number of hydrogen-bond acceptors (Lipinski definition) is 3. The summed E-state index contributed by atoms with van der Waals surface area (Å²) >= 11 is 5.95. The molecule has 1 heterocycles. The number of rotatable bonds is 7. The Hall–Kier alpha value is -2.34. The lowest BCUT2D eigenvalue weighted by molar-refractivity contribution is -0.129. The van der Waals surface area contributed by atoms with Crippen molar-refractivity contribution in [2.75, 3.05) is 19.6 Å². The lowest BCUT2D eigenvalue weighted by Crippen LogP contribution is -2.40. The van der Waals surface area contributed by atoms with E-state index < -0.39 is 0 Å². The Labute approximate surface area is 159 Å². The van der Waals surface area contributed by atoms with Crippen LogP contribution in [-0.4, -0.2) is 46.1 Å². The number of carbonyl (C=O) groups is 2. The Kier molecular flexibility index (Phi) is 6.80. The lowest BCUT2D eigenvalue weighted by atomic mass is 10.0. The highest BCUT2D eigenvalue weighted by molar-refractivity contribution is 6.30. The monoisotopic (exact) mass is 376 g/mol. The summed E-state index contributed by atoms with van der Waals surface area (Å²) in [5.74, 6) is -0.318. The minimum Gasteiger partial charge on any atom is -0.343 e. The predicted octanol–water partition coefficient (Wildman–Crippen LogP) is 3.25. The topological polar surface area (TPSA) is 67.2 Å². The molecular formula is C19H25ClN4O2. The maximum atomic E-state index is 12.6. The molecule has 1 aromatic heterocycles. The van der Waals surface area contributed by atoms with Gasteiger partial charge >= 0.3 is 0 Å². The number of halogens is 1. The van der Waals surface area contributed by atoms with Crippen molar-refractivity contribution < 1.29 is 9.59 Å². The average Bonchev–Trinajstić information content (AvgIpc) is 3.06. The first kappa shape index (κ1) is 20.0. The molecule has 0 saturated heterocycles. The van der Waals surface area contributed by atoms with Gasteiger partial charge in [0.1, 0.15) is 0 Å². The molecule has 6 nitrogen and oxygen atoms in total. The fraction of sp³-hybridized carbons (Fsp3) is 0.421. The summed E-state index contributed by atoms with van der Waals surface area (Å²) in [7, 11) is 0. The van der Waals surface area contributed by atoms with Crippen LogP contribution in [0.2, 0.25) is 5.02 Å². The average molecular weight is 377 g/mol. The molecule has 0 atom stereocenters.